The zero-order valence-electron chi connectivity index (χ0n) is 14.7. The number of halogens is 1. The van der Waals surface area contributed by atoms with Crippen LogP contribution in [0.1, 0.15) is 30.6 Å². The van der Waals surface area contributed by atoms with Gasteiger partial charge >= 0.3 is 5.97 Å². The van der Waals surface area contributed by atoms with Crippen molar-refractivity contribution in [3.8, 4) is 5.75 Å². The Balaban J connectivity index is 0.00000312. The lowest BCUT2D eigenvalue weighted by Crippen LogP contribution is -2.43. The van der Waals surface area contributed by atoms with Crippen LogP contribution in [0.25, 0.3) is 0 Å². The fourth-order valence-corrected chi connectivity index (χ4v) is 2.41. The molecule has 1 aromatic rings. The van der Waals surface area contributed by atoms with Crippen LogP contribution >= 0.6 is 12.4 Å². The first kappa shape index (κ1) is 21.2. The zero-order valence-corrected chi connectivity index (χ0v) is 15.5. The van der Waals surface area contributed by atoms with Gasteiger partial charge in [-0.05, 0) is 32.0 Å². The lowest BCUT2D eigenvalue weighted by Gasteiger charge is -2.23. The molecule has 1 amide bonds. The Hall–Kier alpha value is -1.83. The minimum absolute atomic E-state index is 0. The van der Waals surface area contributed by atoms with Crippen molar-refractivity contribution in [2.75, 3.05) is 32.2 Å². The molecule has 2 rings (SSSR count). The summed E-state index contributed by atoms with van der Waals surface area (Å²) in [4.78, 5) is 24.0. The summed E-state index contributed by atoms with van der Waals surface area (Å²) in [7, 11) is 1.31. The van der Waals surface area contributed by atoms with E-state index in [9.17, 15) is 9.59 Å². The number of carbonyl (C=O) groups excluding carboxylic acids is 2. The molecule has 25 heavy (non-hydrogen) atoms. The van der Waals surface area contributed by atoms with Crippen LogP contribution in [0.15, 0.2) is 18.2 Å². The number of rotatable bonds is 6. The van der Waals surface area contributed by atoms with Crippen molar-refractivity contribution in [2.45, 2.75) is 32.4 Å². The van der Waals surface area contributed by atoms with E-state index in [-0.39, 0.29) is 36.9 Å². The maximum atomic E-state index is 12.3. The Morgan fingerprint density at radius 3 is 2.76 bits per heavy atom. The van der Waals surface area contributed by atoms with Gasteiger partial charge in [-0.1, -0.05) is 0 Å². The molecule has 0 bridgehead atoms. The molecular formula is C17H25ClN2O5. The molecule has 0 saturated carbocycles. The van der Waals surface area contributed by atoms with Gasteiger partial charge in [0, 0.05) is 19.0 Å². The largest absolute Gasteiger partial charge is 0.489 e. The van der Waals surface area contributed by atoms with Crippen molar-refractivity contribution in [1.82, 2.24) is 5.32 Å². The lowest BCUT2D eigenvalue weighted by molar-refractivity contribution is -0.117. The number of benzene rings is 1. The van der Waals surface area contributed by atoms with Gasteiger partial charge in [-0.3, -0.25) is 4.79 Å². The Bertz CT molecular complexity index is 588. The number of hydrogen-bond acceptors (Lipinski definition) is 6. The smallest absolute Gasteiger partial charge is 0.337 e. The highest BCUT2D eigenvalue weighted by atomic mass is 35.5. The number of carbonyl (C=O) groups is 2. The molecule has 8 heteroatoms. The fraction of sp³-hybridized carbons (Fsp3) is 0.529. The average molecular weight is 373 g/mol. The molecular weight excluding hydrogens is 348 g/mol. The van der Waals surface area contributed by atoms with E-state index in [1.165, 1.54) is 7.11 Å². The second-order valence-electron chi connectivity index (χ2n) is 5.85. The first-order valence-electron chi connectivity index (χ1n) is 7.99. The number of anilines is 1. The summed E-state index contributed by atoms with van der Waals surface area (Å²) in [6.07, 6.45) is 0.224. The number of hydrogen-bond donors (Lipinski definition) is 2. The summed E-state index contributed by atoms with van der Waals surface area (Å²) in [5.41, 5.74) is 0.802. The first-order valence-corrected chi connectivity index (χ1v) is 7.99. The quantitative estimate of drug-likeness (QED) is 0.743. The molecule has 0 spiro atoms. The maximum Gasteiger partial charge on any atom is 0.337 e. The molecule has 1 aliphatic rings. The van der Waals surface area contributed by atoms with Crippen LogP contribution in [0, 0.1) is 0 Å². The average Bonchev–Trinajstić information content (AvgIpc) is 2.56. The molecule has 1 fully saturated rings. The monoisotopic (exact) mass is 372 g/mol. The molecule has 1 saturated heterocycles. The molecule has 7 nitrogen and oxygen atoms in total. The molecule has 1 atom stereocenters. The van der Waals surface area contributed by atoms with E-state index in [4.69, 9.17) is 14.2 Å². The molecule has 0 aliphatic carbocycles. The second kappa shape index (κ2) is 10.2. The number of morpholine rings is 1. The van der Waals surface area contributed by atoms with Gasteiger partial charge in [0.25, 0.3) is 0 Å². The summed E-state index contributed by atoms with van der Waals surface area (Å²) < 4.78 is 15.8. The third-order valence-electron chi connectivity index (χ3n) is 3.47. The highest BCUT2D eigenvalue weighted by Gasteiger charge is 2.19. The van der Waals surface area contributed by atoms with Crippen LogP contribution in [0.2, 0.25) is 0 Å². The summed E-state index contributed by atoms with van der Waals surface area (Å²) in [6, 6.07) is 4.81. The van der Waals surface area contributed by atoms with Gasteiger partial charge in [0.15, 0.2) is 0 Å². The molecule has 1 unspecified atom stereocenters. The number of amides is 1. The summed E-state index contributed by atoms with van der Waals surface area (Å²) in [5.74, 6) is -0.128. The first-order chi connectivity index (χ1) is 11.5. The van der Waals surface area contributed by atoms with E-state index < -0.39 is 5.97 Å². The molecule has 1 aliphatic heterocycles. The molecule has 2 N–H and O–H groups in total. The molecule has 0 radical (unpaired) electrons. The molecule has 1 heterocycles. The third-order valence-corrected chi connectivity index (χ3v) is 3.47. The predicted octanol–water partition coefficient (Wildman–Crippen LogP) is 2.00. The molecule has 140 valence electrons. The van der Waals surface area contributed by atoms with Crippen molar-refractivity contribution in [3.05, 3.63) is 23.8 Å². The van der Waals surface area contributed by atoms with Crippen LogP contribution in [-0.2, 0) is 14.3 Å². The maximum absolute atomic E-state index is 12.3. The fourth-order valence-electron chi connectivity index (χ4n) is 2.41. The topological polar surface area (TPSA) is 85.9 Å². The predicted molar refractivity (Wildman–Crippen MR) is 96.6 cm³/mol. The van der Waals surface area contributed by atoms with Crippen LogP contribution in [-0.4, -0.2) is 50.9 Å². The Kier molecular flexibility index (Phi) is 8.68. The second-order valence-corrected chi connectivity index (χ2v) is 5.85. The standard InChI is InChI=1S/C17H24N2O5.ClH/c1-11(2)24-15-5-4-12(17(21)22-3)8-14(15)19-16(20)9-13-10-23-7-6-18-13;/h4-5,8,11,13,18H,6-7,9-10H2,1-3H3,(H,19,20);1H. The summed E-state index contributed by atoms with van der Waals surface area (Å²) in [5, 5.41) is 6.05. The van der Waals surface area contributed by atoms with E-state index in [2.05, 4.69) is 10.6 Å². The Morgan fingerprint density at radius 2 is 2.16 bits per heavy atom. The number of esters is 1. The minimum Gasteiger partial charge on any atom is -0.489 e. The van der Waals surface area contributed by atoms with E-state index in [0.717, 1.165) is 6.54 Å². The van der Waals surface area contributed by atoms with Gasteiger partial charge < -0.3 is 24.8 Å². The number of ether oxygens (including phenoxy) is 3. The highest BCUT2D eigenvalue weighted by molar-refractivity contribution is 5.96. The van der Waals surface area contributed by atoms with Crippen LogP contribution < -0.4 is 15.4 Å². The highest BCUT2D eigenvalue weighted by Crippen LogP contribution is 2.27. The van der Waals surface area contributed by atoms with E-state index in [0.29, 0.717) is 30.2 Å². The Labute approximate surface area is 153 Å². The van der Waals surface area contributed by atoms with Gasteiger partial charge in [0.05, 0.1) is 37.7 Å². The minimum atomic E-state index is -0.469. The van der Waals surface area contributed by atoms with E-state index in [1.807, 2.05) is 13.8 Å². The van der Waals surface area contributed by atoms with Crippen molar-refractivity contribution < 1.29 is 23.8 Å². The molecule has 0 aromatic heterocycles. The Morgan fingerprint density at radius 1 is 1.40 bits per heavy atom. The van der Waals surface area contributed by atoms with Crippen LogP contribution in [0.4, 0.5) is 5.69 Å². The SMILES string of the molecule is COC(=O)c1ccc(OC(C)C)c(NC(=O)CC2COCCN2)c1.Cl. The van der Waals surface area contributed by atoms with Gasteiger partial charge in [-0.25, -0.2) is 4.79 Å². The van der Waals surface area contributed by atoms with Crippen LogP contribution in [0.5, 0.6) is 5.75 Å². The summed E-state index contributed by atoms with van der Waals surface area (Å²) >= 11 is 0. The van der Waals surface area contributed by atoms with Crippen molar-refractivity contribution in [3.63, 3.8) is 0 Å². The van der Waals surface area contributed by atoms with Crippen LogP contribution in [0.3, 0.4) is 0 Å². The van der Waals surface area contributed by atoms with Gasteiger partial charge in [-0.15, -0.1) is 12.4 Å². The van der Waals surface area contributed by atoms with Crippen molar-refractivity contribution >= 4 is 30.0 Å². The molecule has 1 aromatic carbocycles. The number of methoxy groups -OCH3 is 1. The zero-order chi connectivity index (χ0) is 17.5. The summed E-state index contributed by atoms with van der Waals surface area (Å²) in [6.45, 7) is 5.68. The van der Waals surface area contributed by atoms with E-state index >= 15 is 0 Å². The van der Waals surface area contributed by atoms with Gasteiger partial charge in [0.2, 0.25) is 5.91 Å². The number of nitrogens with one attached hydrogen (secondary N) is 2. The van der Waals surface area contributed by atoms with Crippen molar-refractivity contribution in [1.29, 1.82) is 0 Å². The van der Waals surface area contributed by atoms with Crippen molar-refractivity contribution in [2.24, 2.45) is 0 Å². The lowest BCUT2D eigenvalue weighted by atomic mass is 10.1. The normalized spacial score (nSPS) is 16.7. The van der Waals surface area contributed by atoms with Gasteiger partial charge in [0.1, 0.15) is 5.75 Å². The van der Waals surface area contributed by atoms with Gasteiger partial charge in [-0.2, -0.15) is 0 Å². The van der Waals surface area contributed by atoms with E-state index in [1.54, 1.807) is 18.2 Å². The third kappa shape index (κ3) is 6.53.